The van der Waals surface area contributed by atoms with Crippen molar-refractivity contribution in [3.8, 4) is 12.3 Å². The SMILES string of the molecule is C#C[C@]1(CO)O[C@@H](n2cnc3c(=O)[nH]c(N)nc32)[C@@H](CC)[C@@H]1O. The van der Waals surface area contributed by atoms with Gasteiger partial charge < -0.3 is 20.7 Å². The van der Waals surface area contributed by atoms with Crippen molar-refractivity contribution in [3.63, 3.8) is 0 Å². The summed E-state index contributed by atoms with van der Waals surface area (Å²) in [5.41, 5.74) is 3.94. The van der Waals surface area contributed by atoms with Crippen LogP contribution < -0.4 is 11.3 Å². The first kappa shape index (κ1) is 15.5. The first-order valence-electron chi connectivity index (χ1n) is 7.14. The Balaban J connectivity index is 2.15. The van der Waals surface area contributed by atoms with E-state index in [1.54, 1.807) is 0 Å². The summed E-state index contributed by atoms with van der Waals surface area (Å²) in [5.74, 6) is 1.88. The largest absolute Gasteiger partial charge is 0.392 e. The van der Waals surface area contributed by atoms with Crippen LogP contribution in [0.4, 0.5) is 5.95 Å². The van der Waals surface area contributed by atoms with Gasteiger partial charge in [-0.2, -0.15) is 4.98 Å². The van der Waals surface area contributed by atoms with E-state index in [4.69, 9.17) is 16.9 Å². The number of nitrogen functional groups attached to an aromatic ring is 1. The third kappa shape index (κ3) is 2.11. The number of aliphatic hydroxyl groups excluding tert-OH is 2. The van der Waals surface area contributed by atoms with Crippen molar-refractivity contribution in [2.24, 2.45) is 5.92 Å². The molecule has 1 saturated heterocycles. The molecule has 9 nitrogen and oxygen atoms in total. The van der Waals surface area contributed by atoms with E-state index < -0.39 is 36.0 Å². The Morgan fingerprint density at radius 1 is 1.65 bits per heavy atom. The normalized spacial score (nSPS) is 30.6. The molecule has 122 valence electrons. The Hall–Kier alpha value is -2.41. The lowest BCUT2D eigenvalue weighted by molar-refractivity contribution is -0.0898. The molecule has 0 aliphatic carbocycles. The minimum absolute atomic E-state index is 0.0544. The van der Waals surface area contributed by atoms with Crippen LogP contribution >= 0.6 is 0 Å². The van der Waals surface area contributed by atoms with Crippen molar-refractivity contribution in [1.29, 1.82) is 0 Å². The molecule has 2 aromatic rings. The number of nitrogens with one attached hydrogen (secondary N) is 1. The molecule has 1 aliphatic heterocycles. The molecule has 23 heavy (non-hydrogen) atoms. The van der Waals surface area contributed by atoms with Crippen LogP contribution in [0.15, 0.2) is 11.1 Å². The van der Waals surface area contributed by atoms with E-state index in [2.05, 4.69) is 20.9 Å². The number of nitrogens with two attached hydrogens (primary N) is 1. The molecule has 0 aromatic carbocycles. The highest BCUT2D eigenvalue weighted by molar-refractivity contribution is 5.70. The summed E-state index contributed by atoms with van der Waals surface area (Å²) in [7, 11) is 0. The minimum Gasteiger partial charge on any atom is -0.392 e. The van der Waals surface area contributed by atoms with Gasteiger partial charge >= 0.3 is 0 Å². The molecule has 0 saturated carbocycles. The highest BCUT2D eigenvalue weighted by atomic mass is 16.6. The predicted molar refractivity (Wildman–Crippen MR) is 81.1 cm³/mol. The van der Waals surface area contributed by atoms with E-state index >= 15 is 0 Å². The summed E-state index contributed by atoms with van der Waals surface area (Å²) >= 11 is 0. The molecule has 0 spiro atoms. The van der Waals surface area contributed by atoms with Crippen molar-refractivity contribution >= 4 is 17.1 Å². The number of H-pyrrole nitrogens is 1. The maximum Gasteiger partial charge on any atom is 0.280 e. The second-order valence-electron chi connectivity index (χ2n) is 5.49. The summed E-state index contributed by atoms with van der Waals surface area (Å²) in [6.45, 7) is 1.34. The molecule has 0 unspecified atom stereocenters. The van der Waals surface area contributed by atoms with Gasteiger partial charge in [0.1, 0.15) is 12.3 Å². The summed E-state index contributed by atoms with van der Waals surface area (Å²) in [6.07, 6.45) is 5.58. The van der Waals surface area contributed by atoms with Gasteiger partial charge in [-0.25, -0.2) is 4.98 Å². The average Bonchev–Trinajstić information content (AvgIpc) is 3.06. The summed E-state index contributed by atoms with van der Waals surface area (Å²) in [5, 5.41) is 20.0. The zero-order valence-electron chi connectivity index (χ0n) is 12.4. The molecular formula is C14H17N5O4. The Bertz CT molecular complexity index is 838. The Labute approximate surface area is 131 Å². The molecule has 1 fully saturated rings. The van der Waals surface area contributed by atoms with E-state index in [-0.39, 0.29) is 17.1 Å². The molecule has 1 aliphatic rings. The number of ether oxygens (including phenoxy) is 1. The standard InChI is InChI=1S/C14H17N5O4/c1-3-7-9(21)14(4-2,5-20)23-12(7)19-6-16-8-10(19)17-13(15)18-11(8)22/h2,6-7,9,12,20-21H,3,5H2,1H3,(H3,15,17,18,22)/t7-,9-,12+,14+/m0/s1. The number of terminal acetylenes is 1. The van der Waals surface area contributed by atoms with Crippen LogP contribution in [0.3, 0.4) is 0 Å². The Morgan fingerprint density at radius 2 is 2.39 bits per heavy atom. The van der Waals surface area contributed by atoms with Crippen molar-refractivity contribution in [1.82, 2.24) is 19.5 Å². The van der Waals surface area contributed by atoms with Crippen molar-refractivity contribution in [2.45, 2.75) is 31.3 Å². The molecule has 0 bridgehead atoms. The van der Waals surface area contributed by atoms with E-state index in [0.29, 0.717) is 6.42 Å². The van der Waals surface area contributed by atoms with Crippen molar-refractivity contribution in [2.75, 3.05) is 12.3 Å². The predicted octanol–water partition coefficient (Wildman–Crippen LogP) is -1.02. The zero-order chi connectivity index (χ0) is 16.8. The second kappa shape index (κ2) is 5.34. The maximum atomic E-state index is 11.9. The molecular weight excluding hydrogens is 302 g/mol. The van der Waals surface area contributed by atoms with Gasteiger partial charge in [-0.15, -0.1) is 6.42 Å². The second-order valence-corrected chi connectivity index (χ2v) is 5.49. The van der Waals surface area contributed by atoms with Gasteiger partial charge in [-0.1, -0.05) is 12.8 Å². The third-order valence-corrected chi connectivity index (χ3v) is 4.26. The molecule has 2 aromatic heterocycles. The van der Waals surface area contributed by atoms with Crippen molar-refractivity contribution < 1.29 is 14.9 Å². The number of aromatic amines is 1. The van der Waals surface area contributed by atoms with Gasteiger partial charge in [0, 0.05) is 5.92 Å². The number of rotatable bonds is 3. The van der Waals surface area contributed by atoms with E-state index in [1.165, 1.54) is 10.9 Å². The molecule has 0 radical (unpaired) electrons. The van der Waals surface area contributed by atoms with Crippen LogP contribution in [0, 0.1) is 18.3 Å². The van der Waals surface area contributed by atoms with Crippen LogP contribution in [0.2, 0.25) is 0 Å². The Morgan fingerprint density at radius 3 is 3.00 bits per heavy atom. The van der Waals surface area contributed by atoms with Crippen LogP contribution in [0.1, 0.15) is 19.6 Å². The molecule has 4 atom stereocenters. The molecule has 3 heterocycles. The Kier molecular flexibility index (Phi) is 3.60. The van der Waals surface area contributed by atoms with Crippen LogP contribution in [0.5, 0.6) is 0 Å². The number of aliphatic hydroxyl groups is 2. The first-order valence-corrected chi connectivity index (χ1v) is 7.14. The molecule has 0 amide bonds. The molecule has 5 N–H and O–H groups in total. The van der Waals surface area contributed by atoms with Crippen LogP contribution in [-0.2, 0) is 4.74 Å². The summed E-state index contributed by atoms with van der Waals surface area (Å²) < 4.78 is 7.30. The molecule has 9 heteroatoms. The van der Waals surface area contributed by atoms with E-state index in [1.807, 2.05) is 6.92 Å². The van der Waals surface area contributed by atoms with Gasteiger partial charge in [0.2, 0.25) is 5.95 Å². The lowest BCUT2D eigenvalue weighted by Crippen LogP contribution is -2.43. The van der Waals surface area contributed by atoms with E-state index in [0.717, 1.165) is 0 Å². The van der Waals surface area contributed by atoms with E-state index in [9.17, 15) is 15.0 Å². The van der Waals surface area contributed by atoms with Gasteiger partial charge in [0.25, 0.3) is 5.56 Å². The number of hydrogen-bond acceptors (Lipinski definition) is 7. The summed E-state index contributed by atoms with van der Waals surface area (Å²) in [4.78, 5) is 22.3. The highest BCUT2D eigenvalue weighted by Crippen LogP contribution is 2.43. The van der Waals surface area contributed by atoms with Gasteiger partial charge in [0.05, 0.1) is 12.9 Å². The average molecular weight is 319 g/mol. The van der Waals surface area contributed by atoms with Gasteiger partial charge in [-0.05, 0) is 6.42 Å². The lowest BCUT2D eigenvalue weighted by atomic mass is 9.89. The molecule has 3 rings (SSSR count). The fraction of sp³-hybridized carbons (Fsp3) is 0.500. The third-order valence-electron chi connectivity index (χ3n) is 4.26. The quantitative estimate of drug-likeness (QED) is 0.531. The maximum absolute atomic E-state index is 11.9. The highest BCUT2D eigenvalue weighted by Gasteiger charge is 2.53. The first-order chi connectivity index (χ1) is 11.0. The van der Waals surface area contributed by atoms with Crippen molar-refractivity contribution in [3.05, 3.63) is 16.7 Å². The minimum atomic E-state index is -1.51. The number of nitrogens with zero attached hydrogens (tertiary/aromatic N) is 3. The number of fused-ring (bicyclic) bond motifs is 1. The topological polar surface area (TPSA) is 139 Å². The fourth-order valence-corrected chi connectivity index (χ4v) is 2.99. The van der Waals surface area contributed by atoms with Gasteiger partial charge in [-0.3, -0.25) is 14.3 Å². The number of imidazole rings is 1. The fourth-order valence-electron chi connectivity index (χ4n) is 2.99. The lowest BCUT2D eigenvalue weighted by Gasteiger charge is -2.24. The zero-order valence-corrected chi connectivity index (χ0v) is 12.4. The number of anilines is 1. The number of hydrogen-bond donors (Lipinski definition) is 4. The monoisotopic (exact) mass is 319 g/mol. The smallest absolute Gasteiger partial charge is 0.280 e. The summed E-state index contributed by atoms with van der Waals surface area (Å²) in [6, 6.07) is 0. The number of aromatic nitrogens is 4. The van der Waals surface area contributed by atoms with Crippen LogP contribution in [-0.4, -0.2) is 48.0 Å². The van der Waals surface area contributed by atoms with Crippen LogP contribution in [0.25, 0.3) is 11.2 Å². The van der Waals surface area contributed by atoms with Gasteiger partial charge in [0.15, 0.2) is 16.8 Å².